The van der Waals surface area contributed by atoms with Crippen molar-refractivity contribution < 1.29 is 38.0 Å². The standard InChI is InChI=1S/C81H71N7O8S3/c1-79(2)56-37-94-62-27-20-44-12-9-10-13-50(44)69(62)72(56)83-76-86(79)59(40-97-76)45-17-23-49(24-18-45)82-68(89)33-43-16-25-51-46(32-43)21-28-63-70(51)73-58(39-95-63)81(5,6)88-61(42-99-78(88)85-73)55-36-66(90-7)54(35-67(55)91-8)48-19-26-52-47(34-48)22-29-64-71(52)74-57(38-96-64)80(3,4)87-60(41-98-77(87)84-74)53-14-11-15-65-75(53)93-31-30-92-65/h9-29,32,34-36,40-42,56-58,72-74H,30-31,33,37-39H2,1-8H3,(H,82,89)/t56-,57?,58-,72-,73-,74-/m0/s1. The highest BCUT2D eigenvalue weighted by atomic mass is 32.2. The molecule has 0 saturated carbocycles. The topological polar surface area (TPSA) is 141 Å². The van der Waals surface area contributed by atoms with Crippen molar-refractivity contribution in [2.24, 2.45) is 32.7 Å². The van der Waals surface area contributed by atoms with E-state index < -0.39 is 5.54 Å². The summed E-state index contributed by atoms with van der Waals surface area (Å²) in [6, 6.07) is 52.5. The van der Waals surface area contributed by atoms with Crippen LogP contribution < -0.4 is 38.5 Å². The number of anilines is 1. The molecule has 18 heteroatoms. The maximum atomic E-state index is 13.9. The van der Waals surface area contributed by atoms with Crippen LogP contribution in [0.15, 0.2) is 183 Å². The smallest absolute Gasteiger partial charge is 0.228 e. The molecule has 9 aromatic carbocycles. The predicted molar refractivity (Wildman–Crippen MR) is 399 cm³/mol. The van der Waals surface area contributed by atoms with Crippen LogP contribution in [-0.4, -0.2) is 100.0 Å². The van der Waals surface area contributed by atoms with Gasteiger partial charge in [-0.15, -0.1) is 0 Å². The molecule has 10 heterocycles. The molecule has 1 amide bonds. The molecule has 0 saturated heterocycles. The number of carbonyl (C=O) groups is 1. The monoisotopic (exact) mass is 1370 g/mol. The number of benzene rings is 9. The van der Waals surface area contributed by atoms with Crippen molar-refractivity contribution in [3.8, 4) is 51.4 Å². The number of fused-ring (bicyclic) bond motifs is 19. The molecule has 6 atom stereocenters. The Bertz CT molecular complexity index is 5210. The van der Waals surface area contributed by atoms with Crippen molar-refractivity contribution in [1.29, 1.82) is 0 Å². The molecule has 0 radical (unpaired) electrons. The number of amidine groups is 3. The number of para-hydroxylation sites is 1. The number of carbonyl (C=O) groups excluding carboxylic acids is 1. The number of aliphatic imine (C=N–C) groups is 3. The Morgan fingerprint density at radius 3 is 1.58 bits per heavy atom. The summed E-state index contributed by atoms with van der Waals surface area (Å²) in [7, 11) is 3.47. The summed E-state index contributed by atoms with van der Waals surface area (Å²) in [5.74, 6) is 5.74. The van der Waals surface area contributed by atoms with E-state index in [1.807, 2.05) is 24.3 Å². The second-order valence-corrected chi connectivity index (χ2v) is 31.2. The molecule has 0 aliphatic carbocycles. The van der Waals surface area contributed by atoms with E-state index in [1.54, 1.807) is 49.5 Å². The molecule has 0 bridgehead atoms. The summed E-state index contributed by atoms with van der Waals surface area (Å²) in [5.41, 5.74) is 12.0. The molecule has 1 unspecified atom stereocenters. The Morgan fingerprint density at radius 2 is 0.970 bits per heavy atom. The van der Waals surface area contributed by atoms with Crippen molar-refractivity contribution in [3.05, 3.63) is 207 Å². The fraction of sp³-hybridized carbons (Fsp3) is 0.284. The van der Waals surface area contributed by atoms with Crippen LogP contribution in [0.25, 0.3) is 60.5 Å². The van der Waals surface area contributed by atoms with E-state index >= 15 is 0 Å². The molecule has 99 heavy (non-hydrogen) atoms. The third kappa shape index (κ3) is 9.26. The second kappa shape index (κ2) is 22.5. The Morgan fingerprint density at radius 1 is 0.475 bits per heavy atom. The first kappa shape index (κ1) is 60.7. The number of amides is 1. The van der Waals surface area contributed by atoms with Gasteiger partial charge in [0, 0.05) is 89.7 Å². The lowest BCUT2D eigenvalue weighted by Gasteiger charge is -2.51. The minimum atomic E-state index is -0.450. The van der Waals surface area contributed by atoms with Gasteiger partial charge in [0.05, 0.1) is 75.7 Å². The van der Waals surface area contributed by atoms with Gasteiger partial charge in [-0.05, 0) is 151 Å². The SMILES string of the molecule is COc1cc(-c2ccc3c4c(ccc3c2)OCC2[C@@H]4N=C3SC=C(c4cccc5c4OCCO5)N3C2(C)C)c(OC)cc1C1=CSC2=N[C@@H]3c4c(ccc5cc(CC(=O)Nc6ccc(C7=CSC8=N[C@@H]9c%10c(ccc%11ccccc%10%11)OC[C@@H]9C(C)(C)N78)cc6)ccc45)OC[C@@H]3C(C)(C)N12. The number of thioether (sulfide) groups is 3. The third-order valence-electron chi connectivity index (χ3n) is 22.4. The molecule has 1 N–H and O–H groups in total. The molecule has 0 spiro atoms. The summed E-state index contributed by atoms with van der Waals surface area (Å²) >= 11 is 4.98. The van der Waals surface area contributed by atoms with Gasteiger partial charge in [-0.2, -0.15) is 0 Å². The molecular weight excluding hydrogens is 1300 g/mol. The summed E-state index contributed by atoms with van der Waals surface area (Å²) < 4.78 is 44.8. The van der Waals surface area contributed by atoms with E-state index in [9.17, 15) is 4.79 Å². The lowest BCUT2D eigenvalue weighted by atomic mass is 9.74. The predicted octanol–water partition coefficient (Wildman–Crippen LogP) is 17.5. The second-order valence-electron chi connectivity index (χ2n) is 28.7. The zero-order chi connectivity index (χ0) is 67.0. The van der Waals surface area contributed by atoms with E-state index in [2.05, 4.69) is 205 Å². The molecule has 9 aromatic rings. The first-order valence-corrected chi connectivity index (χ1v) is 36.6. The maximum absolute atomic E-state index is 13.9. The first-order chi connectivity index (χ1) is 48.1. The fourth-order valence-corrected chi connectivity index (χ4v) is 20.4. The lowest BCUT2D eigenvalue weighted by Crippen LogP contribution is -2.56. The quantitative estimate of drug-likeness (QED) is 0.147. The number of hydrogen-bond acceptors (Lipinski definition) is 17. The number of nitrogens with zero attached hydrogens (tertiary/aromatic N) is 6. The average molecular weight is 1370 g/mol. The van der Waals surface area contributed by atoms with Gasteiger partial charge in [-0.1, -0.05) is 126 Å². The molecule has 0 fully saturated rings. The highest BCUT2D eigenvalue weighted by Gasteiger charge is 2.56. The maximum Gasteiger partial charge on any atom is 0.228 e. The van der Waals surface area contributed by atoms with Crippen molar-refractivity contribution >= 4 is 112 Å². The number of hydrogen-bond donors (Lipinski definition) is 1. The van der Waals surface area contributed by atoms with Gasteiger partial charge in [-0.25, -0.2) is 0 Å². The molecule has 496 valence electrons. The van der Waals surface area contributed by atoms with Crippen LogP contribution in [0.1, 0.15) is 98.6 Å². The normalized spacial score (nSPS) is 23.5. The number of nitrogens with one attached hydrogen (secondary N) is 1. The molecular formula is C81H71N7O8S3. The van der Waals surface area contributed by atoms with Crippen LogP contribution in [0.2, 0.25) is 0 Å². The summed E-state index contributed by atoms with van der Waals surface area (Å²) in [6.45, 7) is 16.5. The number of rotatable bonds is 9. The van der Waals surface area contributed by atoms with Crippen molar-refractivity contribution in [2.45, 2.75) is 82.7 Å². The van der Waals surface area contributed by atoms with Gasteiger partial charge < -0.3 is 53.2 Å². The lowest BCUT2D eigenvalue weighted by molar-refractivity contribution is -0.115. The van der Waals surface area contributed by atoms with Crippen LogP contribution in [0.3, 0.4) is 0 Å². The van der Waals surface area contributed by atoms with Gasteiger partial charge in [0.25, 0.3) is 0 Å². The summed E-state index contributed by atoms with van der Waals surface area (Å²) in [4.78, 5) is 37.7. The Hall–Kier alpha value is -9.49. The van der Waals surface area contributed by atoms with Gasteiger partial charge in [0.15, 0.2) is 27.0 Å². The summed E-state index contributed by atoms with van der Waals surface area (Å²) in [6.07, 6.45) is 0.216. The first-order valence-electron chi connectivity index (χ1n) is 34.0. The van der Waals surface area contributed by atoms with Crippen molar-refractivity contribution in [2.75, 3.05) is 52.6 Å². The minimum absolute atomic E-state index is 0.00929. The van der Waals surface area contributed by atoms with E-state index in [-0.39, 0.29) is 59.3 Å². The molecule has 10 aliphatic rings. The molecule has 0 aromatic heterocycles. The van der Waals surface area contributed by atoms with E-state index in [1.165, 1.54) is 16.3 Å². The zero-order valence-electron chi connectivity index (χ0n) is 56.0. The average Bonchev–Trinajstić information content (AvgIpc) is 1.71. The highest BCUT2D eigenvalue weighted by molar-refractivity contribution is 8.17. The van der Waals surface area contributed by atoms with Crippen LogP contribution in [0.4, 0.5) is 5.69 Å². The van der Waals surface area contributed by atoms with Gasteiger partial charge in [-0.3, -0.25) is 19.8 Å². The largest absolute Gasteiger partial charge is 0.496 e. The zero-order valence-corrected chi connectivity index (χ0v) is 58.5. The van der Waals surface area contributed by atoms with E-state index in [0.29, 0.717) is 33.0 Å². The van der Waals surface area contributed by atoms with Crippen molar-refractivity contribution in [1.82, 2.24) is 14.7 Å². The molecule has 15 nitrogen and oxygen atoms in total. The third-order valence-corrected chi connectivity index (χ3v) is 24.9. The summed E-state index contributed by atoms with van der Waals surface area (Å²) in [5, 5.41) is 19.4. The van der Waals surface area contributed by atoms with E-state index in [0.717, 1.165) is 145 Å². The van der Waals surface area contributed by atoms with Gasteiger partial charge >= 0.3 is 0 Å². The van der Waals surface area contributed by atoms with Crippen LogP contribution in [0.5, 0.6) is 40.2 Å². The Labute approximate surface area is 587 Å². The highest BCUT2D eigenvalue weighted by Crippen LogP contribution is 2.60. The Kier molecular flexibility index (Phi) is 13.8. The number of ether oxygens (including phenoxy) is 7. The van der Waals surface area contributed by atoms with Crippen molar-refractivity contribution in [3.63, 3.8) is 0 Å². The van der Waals surface area contributed by atoms with Crippen LogP contribution in [-0.2, 0) is 11.2 Å². The van der Waals surface area contributed by atoms with Gasteiger partial charge in [0.2, 0.25) is 5.91 Å². The molecule has 10 aliphatic heterocycles. The molecule has 19 rings (SSSR count). The minimum Gasteiger partial charge on any atom is -0.496 e. The number of methoxy groups -OCH3 is 2. The van der Waals surface area contributed by atoms with Crippen LogP contribution >= 0.6 is 35.3 Å². The Balaban J connectivity index is 0.555. The van der Waals surface area contributed by atoms with E-state index in [4.69, 9.17) is 48.1 Å². The van der Waals surface area contributed by atoms with Crippen LogP contribution in [0, 0.1) is 17.8 Å². The van der Waals surface area contributed by atoms with Gasteiger partial charge in [0.1, 0.15) is 42.0 Å². The fourth-order valence-electron chi connectivity index (χ4n) is 17.2.